The van der Waals surface area contributed by atoms with Crippen LogP contribution >= 0.6 is 11.3 Å². The standard InChI is InChI=1S/C11H8FNO2S/c12-7-3-1-2-6(4-7)8-5-16-10(13)9(8)11(14)15/h1-5H,13H2,(H,14,15). The Morgan fingerprint density at radius 1 is 1.44 bits per heavy atom. The summed E-state index contributed by atoms with van der Waals surface area (Å²) in [6.45, 7) is 0. The quantitative estimate of drug-likeness (QED) is 0.844. The average Bonchev–Trinajstić information content (AvgIpc) is 2.60. The molecule has 0 bridgehead atoms. The summed E-state index contributed by atoms with van der Waals surface area (Å²) in [5.74, 6) is -1.50. The third kappa shape index (κ3) is 1.77. The third-order valence-electron chi connectivity index (χ3n) is 2.17. The van der Waals surface area contributed by atoms with Gasteiger partial charge in [0, 0.05) is 10.9 Å². The van der Waals surface area contributed by atoms with Gasteiger partial charge in [-0.25, -0.2) is 9.18 Å². The molecule has 0 spiro atoms. The van der Waals surface area contributed by atoms with Crippen LogP contribution in [0.5, 0.6) is 0 Å². The zero-order valence-corrected chi connectivity index (χ0v) is 8.92. The Morgan fingerprint density at radius 3 is 2.81 bits per heavy atom. The van der Waals surface area contributed by atoms with Crippen LogP contribution in [0.2, 0.25) is 0 Å². The number of rotatable bonds is 2. The van der Waals surface area contributed by atoms with Crippen molar-refractivity contribution in [3.05, 3.63) is 41.0 Å². The molecule has 5 heteroatoms. The van der Waals surface area contributed by atoms with E-state index in [1.165, 1.54) is 18.2 Å². The summed E-state index contributed by atoms with van der Waals surface area (Å²) < 4.78 is 13.0. The number of thiophene rings is 1. The van der Waals surface area contributed by atoms with E-state index in [1.54, 1.807) is 11.4 Å². The molecule has 0 atom stereocenters. The van der Waals surface area contributed by atoms with Crippen molar-refractivity contribution in [1.82, 2.24) is 0 Å². The minimum Gasteiger partial charge on any atom is -0.478 e. The highest BCUT2D eigenvalue weighted by Gasteiger charge is 2.17. The fraction of sp³-hybridized carbons (Fsp3) is 0. The fourth-order valence-electron chi connectivity index (χ4n) is 1.46. The molecule has 0 aliphatic rings. The molecule has 3 N–H and O–H groups in total. The van der Waals surface area contributed by atoms with E-state index >= 15 is 0 Å². The number of carbonyl (C=O) groups is 1. The highest BCUT2D eigenvalue weighted by molar-refractivity contribution is 7.14. The SMILES string of the molecule is Nc1scc(-c2cccc(F)c2)c1C(=O)O. The molecule has 0 saturated carbocycles. The van der Waals surface area contributed by atoms with Crippen molar-refractivity contribution in [2.45, 2.75) is 0 Å². The molecule has 0 amide bonds. The Hall–Kier alpha value is -1.88. The maximum Gasteiger partial charge on any atom is 0.339 e. The van der Waals surface area contributed by atoms with E-state index in [9.17, 15) is 9.18 Å². The first kappa shape index (κ1) is 10.6. The van der Waals surface area contributed by atoms with Crippen molar-refractivity contribution in [3.63, 3.8) is 0 Å². The maximum atomic E-state index is 13.0. The first-order chi connectivity index (χ1) is 7.59. The van der Waals surface area contributed by atoms with Crippen LogP contribution < -0.4 is 5.73 Å². The molecule has 0 saturated heterocycles. The van der Waals surface area contributed by atoms with Crippen LogP contribution in [-0.4, -0.2) is 11.1 Å². The molecule has 16 heavy (non-hydrogen) atoms. The predicted molar refractivity (Wildman–Crippen MR) is 61.1 cm³/mol. The molecule has 0 fully saturated rings. The highest BCUT2D eigenvalue weighted by atomic mass is 32.1. The smallest absolute Gasteiger partial charge is 0.339 e. The van der Waals surface area contributed by atoms with E-state index in [1.807, 2.05) is 0 Å². The van der Waals surface area contributed by atoms with Crippen molar-refractivity contribution < 1.29 is 14.3 Å². The number of benzene rings is 1. The molecule has 2 aromatic rings. The van der Waals surface area contributed by atoms with Gasteiger partial charge >= 0.3 is 5.97 Å². The molecular formula is C11H8FNO2S. The molecule has 1 aromatic heterocycles. The van der Waals surface area contributed by atoms with Gasteiger partial charge in [-0.3, -0.25) is 0 Å². The minimum absolute atomic E-state index is 0.0376. The number of carboxylic acid groups (broad SMARTS) is 1. The second-order valence-corrected chi connectivity index (χ2v) is 4.12. The minimum atomic E-state index is -1.10. The number of anilines is 1. The van der Waals surface area contributed by atoms with Gasteiger partial charge in [0.2, 0.25) is 0 Å². The van der Waals surface area contributed by atoms with Gasteiger partial charge in [0.1, 0.15) is 16.4 Å². The fourth-order valence-corrected chi connectivity index (χ4v) is 2.28. The zero-order chi connectivity index (χ0) is 11.7. The van der Waals surface area contributed by atoms with Crippen LogP contribution in [-0.2, 0) is 0 Å². The number of nitrogens with two attached hydrogens (primary N) is 1. The molecule has 0 radical (unpaired) electrons. The van der Waals surface area contributed by atoms with Crippen molar-refractivity contribution in [2.24, 2.45) is 0 Å². The predicted octanol–water partition coefficient (Wildman–Crippen LogP) is 2.83. The maximum absolute atomic E-state index is 13.0. The Morgan fingerprint density at radius 2 is 2.19 bits per heavy atom. The van der Waals surface area contributed by atoms with Gasteiger partial charge in [0.15, 0.2) is 0 Å². The van der Waals surface area contributed by atoms with Crippen LogP contribution in [0.4, 0.5) is 9.39 Å². The molecule has 0 aliphatic carbocycles. The number of aromatic carboxylic acids is 1. The van der Waals surface area contributed by atoms with Gasteiger partial charge in [0.05, 0.1) is 0 Å². The Labute approximate surface area is 95.0 Å². The number of hydrogen-bond donors (Lipinski definition) is 2. The number of carboxylic acids is 1. The van der Waals surface area contributed by atoms with Crippen LogP contribution in [0.15, 0.2) is 29.6 Å². The van der Waals surface area contributed by atoms with E-state index in [0.29, 0.717) is 11.1 Å². The molecule has 2 rings (SSSR count). The summed E-state index contributed by atoms with van der Waals surface area (Å²) in [5, 5.41) is 10.8. The lowest BCUT2D eigenvalue weighted by Crippen LogP contribution is -2.00. The van der Waals surface area contributed by atoms with E-state index in [2.05, 4.69) is 0 Å². The van der Waals surface area contributed by atoms with Gasteiger partial charge in [-0.2, -0.15) is 0 Å². The Bertz CT molecular complexity index is 551. The van der Waals surface area contributed by atoms with Crippen molar-refractivity contribution in [3.8, 4) is 11.1 Å². The summed E-state index contributed by atoms with van der Waals surface area (Å²) >= 11 is 1.13. The summed E-state index contributed by atoms with van der Waals surface area (Å²) in [4.78, 5) is 11.0. The Kier molecular flexibility index (Phi) is 2.62. The topological polar surface area (TPSA) is 63.3 Å². The van der Waals surface area contributed by atoms with E-state index in [0.717, 1.165) is 11.3 Å². The summed E-state index contributed by atoms with van der Waals surface area (Å²) in [5.41, 5.74) is 6.57. The number of hydrogen-bond acceptors (Lipinski definition) is 3. The monoisotopic (exact) mass is 237 g/mol. The number of halogens is 1. The number of nitrogen functional groups attached to an aromatic ring is 1. The average molecular weight is 237 g/mol. The lowest BCUT2D eigenvalue weighted by Gasteiger charge is -2.01. The lowest BCUT2D eigenvalue weighted by atomic mass is 10.0. The lowest BCUT2D eigenvalue weighted by molar-refractivity contribution is 0.0699. The van der Waals surface area contributed by atoms with Crippen LogP contribution in [0.1, 0.15) is 10.4 Å². The van der Waals surface area contributed by atoms with E-state index < -0.39 is 11.8 Å². The van der Waals surface area contributed by atoms with Crippen LogP contribution in [0.3, 0.4) is 0 Å². The van der Waals surface area contributed by atoms with Gasteiger partial charge in [-0.05, 0) is 17.7 Å². The summed E-state index contributed by atoms with van der Waals surface area (Å²) in [7, 11) is 0. The molecule has 1 heterocycles. The molecule has 3 nitrogen and oxygen atoms in total. The van der Waals surface area contributed by atoms with Crippen LogP contribution in [0, 0.1) is 5.82 Å². The Balaban J connectivity index is 2.60. The van der Waals surface area contributed by atoms with E-state index in [4.69, 9.17) is 10.8 Å². The van der Waals surface area contributed by atoms with Gasteiger partial charge in [-0.15, -0.1) is 11.3 Å². The second-order valence-electron chi connectivity index (χ2n) is 3.20. The van der Waals surface area contributed by atoms with Crippen molar-refractivity contribution in [1.29, 1.82) is 0 Å². The highest BCUT2D eigenvalue weighted by Crippen LogP contribution is 2.33. The molecule has 1 aromatic carbocycles. The van der Waals surface area contributed by atoms with Crippen LogP contribution in [0.25, 0.3) is 11.1 Å². The second kappa shape index (κ2) is 3.94. The summed E-state index contributed by atoms with van der Waals surface area (Å²) in [6.07, 6.45) is 0. The first-order valence-corrected chi connectivity index (χ1v) is 5.33. The first-order valence-electron chi connectivity index (χ1n) is 4.46. The van der Waals surface area contributed by atoms with Gasteiger partial charge < -0.3 is 10.8 Å². The van der Waals surface area contributed by atoms with Gasteiger partial charge in [0.25, 0.3) is 0 Å². The normalized spacial score (nSPS) is 10.3. The molecule has 0 unspecified atom stereocenters. The summed E-state index contributed by atoms with van der Waals surface area (Å²) in [6, 6.07) is 5.77. The van der Waals surface area contributed by atoms with Crippen molar-refractivity contribution in [2.75, 3.05) is 5.73 Å². The largest absolute Gasteiger partial charge is 0.478 e. The molecule has 82 valence electrons. The zero-order valence-electron chi connectivity index (χ0n) is 8.11. The van der Waals surface area contributed by atoms with E-state index in [-0.39, 0.29) is 10.6 Å². The third-order valence-corrected chi connectivity index (χ3v) is 2.98. The molecule has 0 aliphatic heterocycles. The van der Waals surface area contributed by atoms with Gasteiger partial charge in [-0.1, -0.05) is 12.1 Å². The molecular weight excluding hydrogens is 229 g/mol. The van der Waals surface area contributed by atoms with Crippen molar-refractivity contribution >= 4 is 22.3 Å².